The molecule has 0 aliphatic rings. The molecule has 2 amide bonds. The number of hydrogen-bond donors (Lipinski definition) is 3. The monoisotopic (exact) mass is 343 g/mol. The summed E-state index contributed by atoms with van der Waals surface area (Å²) in [5.41, 5.74) is 5.71. The fraction of sp³-hybridized carbons (Fsp3) is 0.368. The number of ether oxygens (including phenoxy) is 1. The Balaban J connectivity index is 1.68. The van der Waals surface area contributed by atoms with Crippen molar-refractivity contribution in [3.63, 3.8) is 0 Å². The van der Waals surface area contributed by atoms with Crippen LogP contribution in [0.15, 0.2) is 42.5 Å². The van der Waals surface area contributed by atoms with Crippen molar-refractivity contribution in [3.8, 4) is 5.75 Å². The normalized spacial score (nSPS) is 12.0. The van der Waals surface area contributed by atoms with Crippen molar-refractivity contribution in [3.05, 3.63) is 42.5 Å². The van der Waals surface area contributed by atoms with Crippen LogP contribution in [0, 0.1) is 5.92 Å². The Labute approximate surface area is 147 Å². The molecular weight excluding hydrogens is 318 g/mol. The molecule has 0 aromatic heterocycles. The fourth-order valence-corrected chi connectivity index (χ4v) is 2.27. The maximum atomic E-state index is 11.7. The van der Waals surface area contributed by atoms with E-state index in [-0.39, 0.29) is 24.3 Å². The van der Waals surface area contributed by atoms with Crippen molar-refractivity contribution >= 4 is 22.6 Å². The lowest BCUT2D eigenvalue weighted by atomic mass is 10.1. The topological polar surface area (TPSA) is 93.5 Å². The molecule has 0 saturated heterocycles. The van der Waals surface area contributed by atoms with Gasteiger partial charge >= 0.3 is 0 Å². The zero-order valence-corrected chi connectivity index (χ0v) is 14.6. The highest BCUT2D eigenvalue weighted by molar-refractivity contribution is 5.87. The van der Waals surface area contributed by atoms with Gasteiger partial charge in [-0.1, -0.05) is 44.2 Å². The third-order valence-corrected chi connectivity index (χ3v) is 3.86. The lowest BCUT2D eigenvalue weighted by Gasteiger charge is -2.15. The number of nitrogens with one attached hydrogen (secondary N) is 2. The Morgan fingerprint density at radius 1 is 1.08 bits per heavy atom. The number of amides is 2. The van der Waals surface area contributed by atoms with E-state index >= 15 is 0 Å². The molecule has 0 heterocycles. The van der Waals surface area contributed by atoms with Crippen LogP contribution < -0.4 is 21.1 Å². The van der Waals surface area contributed by atoms with Gasteiger partial charge in [0.05, 0.1) is 19.1 Å². The van der Waals surface area contributed by atoms with Gasteiger partial charge in [0.15, 0.2) is 0 Å². The first kappa shape index (κ1) is 18.7. The van der Waals surface area contributed by atoms with Crippen molar-refractivity contribution < 1.29 is 14.3 Å². The van der Waals surface area contributed by atoms with Gasteiger partial charge in [0.2, 0.25) is 11.8 Å². The number of rotatable bonds is 8. The molecule has 2 aromatic rings. The Kier molecular flexibility index (Phi) is 6.77. The highest BCUT2D eigenvalue weighted by Gasteiger charge is 2.17. The molecule has 0 aliphatic heterocycles. The minimum atomic E-state index is -0.607. The smallest absolute Gasteiger partial charge is 0.239 e. The van der Waals surface area contributed by atoms with Crippen molar-refractivity contribution in [1.29, 1.82) is 0 Å². The van der Waals surface area contributed by atoms with Crippen LogP contribution in [-0.2, 0) is 9.59 Å². The Hall–Kier alpha value is -2.60. The van der Waals surface area contributed by atoms with Gasteiger partial charge in [-0.3, -0.25) is 9.59 Å². The summed E-state index contributed by atoms with van der Waals surface area (Å²) >= 11 is 0. The maximum absolute atomic E-state index is 11.7. The van der Waals surface area contributed by atoms with Gasteiger partial charge in [0, 0.05) is 0 Å². The second-order valence-corrected chi connectivity index (χ2v) is 6.19. The second kappa shape index (κ2) is 9.03. The lowest BCUT2D eigenvalue weighted by Crippen LogP contribution is -2.47. The van der Waals surface area contributed by atoms with E-state index in [2.05, 4.69) is 10.6 Å². The minimum Gasteiger partial charge on any atom is -0.492 e. The third kappa shape index (κ3) is 5.76. The van der Waals surface area contributed by atoms with E-state index in [1.807, 2.05) is 56.3 Å². The van der Waals surface area contributed by atoms with Crippen LogP contribution in [0.5, 0.6) is 5.75 Å². The van der Waals surface area contributed by atoms with E-state index in [1.54, 1.807) is 0 Å². The Morgan fingerprint density at radius 2 is 1.80 bits per heavy atom. The van der Waals surface area contributed by atoms with Crippen LogP contribution in [0.2, 0.25) is 0 Å². The number of fused-ring (bicyclic) bond motifs is 1. The summed E-state index contributed by atoms with van der Waals surface area (Å²) in [7, 11) is 0. The van der Waals surface area contributed by atoms with Gasteiger partial charge in [-0.25, -0.2) is 0 Å². The Bertz CT molecular complexity index is 731. The standard InChI is InChI=1S/C19H25N3O3/c1-13(2)18(20)19(24)22-12-17(23)21-9-10-25-16-8-7-14-5-3-4-6-15(14)11-16/h3-8,11,13,18H,9-10,12,20H2,1-2H3,(H,21,23)(H,22,24)/t18-/m0/s1. The van der Waals surface area contributed by atoms with Gasteiger partial charge in [0.1, 0.15) is 12.4 Å². The molecule has 2 aromatic carbocycles. The van der Waals surface area contributed by atoms with Crippen LogP contribution in [0.1, 0.15) is 13.8 Å². The first-order valence-corrected chi connectivity index (χ1v) is 8.39. The molecule has 134 valence electrons. The van der Waals surface area contributed by atoms with E-state index in [4.69, 9.17) is 10.5 Å². The van der Waals surface area contributed by atoms with E-state index in [9.17, 15) is 9.59 Å². The van der Waals surface area contributed by atoms with Gasteiger partial charge in [-0.2, -0.15) is 0 Å². The molecule has 6 heteroatoms. The zero-order valence-electron chi connectivity index (χ0n) is 14.6. The number of nitrogens with two attached hydrogens (primary N) is 1. The summed E-state index contributed by atoms with van der Waals surface area (Å²) in [4.78, 5) is 23.4. The maximum Gasteiger partial charge on any atom is 0.239 e. The van der Waals surface area contributed by atoms with E-state index in [0.717, 1.165) is 16.5 Å². The van der Waals surface area contributed by atoms with Gasteiger partial charge in [0.25, 0.3) is 0 Å². The van der Waals surface area contributed by atoms with Crippen molar-refractivity contribution in [2.75, 3.05) is 19.7 Å². The van der Waals surface area contributed by atoms with E-state index in [1.165, 1.54) is 0 Å². The van der Waals surface area contributed by atoms with Crippen LogP contribution in [-0.4, -0.2) is 37.6 Å². The summed E-state index contributed by atoms with van der Waals surface area (Å²) in [6.07, 6.45) is 0. The molecule has 0 unspecified atom stereocenters. The fourth-order valence-electron chi connectivity index (χ4n) is 2.27. The average molecular weight is 343 g/mol. The minimum absolute atomic E-state index is 0.0263. The van der Waals surface area contributed by atoms with Crippen molar-refractivity contribution in [1.82, 2.24) is 10.6 Å². The molecule has 6 nitrogen and oxygen atoms in total. The number of carbonyl (C=O) groups excluding carboxylic acids is 2. The first-order valence-electron chi connectivity index (χ1n) is 8.39. The van der Waals surface area contributed by atoms with Crippen LogP contribution >= 0.6 is 0 Å². The molecule has 0 aliphatic carbocycles. The molecule has 0 bridgehead atoms. The Morgan fingerprint density at radius 3 is 2.52 bits per heavy atom. The summed E-state index contributed by atoms with van der Waals surface area (Å²) in [5.74, 6) is 0.187. The van der Waals surface area contributed by atoms with E-state index < -0.39 is 6.04 Å². The quantitative estimate of drug-likeness (QED) is 0.632. The van der Waals surface area contributed by atoms with Gasteiger partial charge < -0.3 is 21.1 Å². The summed E-state index contributed by atoms with van der Waals surface area (Å²) in [5, 5.41) is 7.48. The number of hydrogen-bond acceptors (Lipinski definition) is 4. The molecule has 0 radical (unpaired) electrons. The average Bonchev–Trinajstić information content (AvgIpc) is 2.62. The number of carbonyl (C=O) groups is 2. The summed E-state index contributed by atoms with van der Waals surface area (Å²) < 4.78 is 5.64. The van der Waals surface area contributed by atoms with Crippen LogP contribution in [0.25, 0.3) is 10.8 Å². The molecule has 1 atom stereocenters. The number of benzene rings is 2. The van der Waals surface area contributed by atoms with Crippen LogP contribution in [0.3, 0.4) is 0 Å². The molecule has 2 rings (SSSR count). The largest absolute Gasteiger partial charge is 0.492 e. The molecule has 0 fully saturated rings. The first-order chi connectivity index (χ1) is 12.0. The summed E-state index contributed by atoms with van der Waals surface area (Å²) in [6, 6.07) is 13.3. The zero-order chi connectivity index (χ0) is 18.2. The lowest BCUT2D eigenvalue weighted by molar-refractivity contribution is -0.127. The molecule has 4 N–H and O–H groups in total. The molecular formula is C19H25N3O3. The molecule has 0 saturated carbocycles. The van der Waals surface area contributed by atoms with Crippen LogP contribution in [0.4, 0.5) is 0 Å². The highest BCUT2D eigenvalue weighted by Crippen LogP contribution is 2.20. The van der Waals surface area contributed by atoms with Crippen molar-refractivity contribution in [2.24, 2.45) is 11.7 Å². The van der Waals surface area contributed by atoms with Gasteiger partial charge in [-0.05, 0) is 28.8 Å². The SMILES string of the molecule is CC(C)[C@H](N)C(=O)NCC(=O)NCCOc1ccc2ccccc2c1. The predicted molar refractivity (Wildman–Crippen MR) is 98.3 cm³/mol. The third-order valence-electron chi connectivity index (χ3n) is 3.86. The summed E-state index contributed by atoms with van der Waals surface area (Å²) in [6.45, 7) is 4.33. The second-order valence-electron chi connectivity index (χ2n) is 6.19. The van der Waals surface area contributed by atoms with Gasteiger partial charge in [-0.15, -0.1) is 0 Å². The molecule has 0 spiro atoms. The molecule has 25 heavy (non-hydrogen) atoms. The predicted octanol–water partition coefficient (Wildman–Crippen LogP) is 1.43. The highest BCUT2D eigenvalue weighted by atomic mass is 16.5. The van der Waals surface area contributed by atoms with E-state index in [0.29, 0.717) is 13.2 Å². The van der Waals surface area contributed by atoms with Crippen molar-refractivity contribution in [2.45, 2.75) is 19.9 Å².